The van der Waals surface area contributed by atoms with Crippen molar-refractivity contribution in [1.82, 2.24) is 29.2 Å². The number of allylic oxidation sites excluding steroid dienone is 2. The summed E-state index contributed by atoms with van der Waals surface area (Å²) >= 11 is 0. The molecule has 2 bridgehead atoms. The third kappa shape index (κ3) is 4.42. The number of hydrogen-bond acceptors (Lipinski definition) is 7. The third-order valence-corrected chi connectivity index (χ3v) is 8.23. The summed E-state index contributed by atoms with van der Waals surface area (Å²) in [5.74, 6) is 2.16. The van der Waals surface area contributed by atoms with Crippen LogP contribution < -0.4 is 15.2 Å². The highest BCUT2D eigenvalue weighted by Crippen LogP contribution is 2.34. The SMILES string of the molecule is CN1Cc2cc(Cc3ncc4c(=O)n5n(c4n3)-c3ccc4c(n3)N(CCO4)C(=O)CC/C=C\C5)ccc2C(C)(C)C1. The summed E-state index contributed by atoms with van der Waals surface area (Å²) < 4.78 is 9.18. The minimum Gasteiger partial charge on any atom is -0.488 e. The lowest BCUT2D eigenvalue weighted by atomic mass is 9.78. The second-order valence-electron chi connectivity index (χ2n) is 11.8. The van der Waals surface area contributed by atoms with Crippen LogP contribution in [-0.4, -0.2) is 61.9 Å². The van der Waals surface area contributed by atoms with E-state index >= 15 is 0 Å². The van der Waals surface area contributed by atoms with E-state index in [0.717, 1.165) is 18.7 Å². The highest BCUT2D eigenvalue weighted by atomic mass is 16.5. The van der Waals surface area contributed by atoms with Crippen LogP contribution in [0.4, 0.5) is 5.82 Å². The number of benzene rings is 1. The van der Waals surface area contributed by atoms with Gasteiger partial charge in [-0.25, -0.2) is 24.3 Å². The van der Waals surface area contributed by atoms with Crippen LogP contribution in [-0.2, 0) is 29.7 Å². The first-order chi connectivity index (χ1) is 19.8. The first-order valence-electron chi connectivity index (χ1n) is 14.2. The Morgan fingerprint density at radius 3 is 2.83 bits per heavy atom. The normalized spacial score (nSPS) is 19.1. The average molecular weight is 552 g/mol. The topological polar surface area (TPSA) is 98.4 Å². The predicted molar refractivity (Wildman–Crippen MR) is 156 cm³/mol. The molecule has 41 heavy (non-hydrogen) atoms. The van der Waals surface area contributed by atoms with Gasteiger partial charge in [0.1, 0.15) is 17.8 Å². The van der Waals surface area contributed by atoms with Crippen molar-refractivity contribution in [3.63, 3.8) is 0 Å². The lowest BCUT2D eigenvalue weighted by molar-refractivity contribution is -0.118. The molecule has 10 heteroatoms. The summed E-state index contributed by atoms with van der Waals surface area (Å²) in [6.07, 6.45) is 6.98. The molecule has 0 fully saturated rings. The number of carbonyl (C=O) groups excluding carboxylic acids is 1. The average Bonchev–Trinajstić information content (AvgIpc) is 3.21. The van der Waals surface area contributed by atoms with Crippen molar-refractivity contribution < 1.29 is 9.53 Å². The van der Waals surface area contributed by atoms with Crippen molar-refractivity contribution in [2.24, 2.45) is 0 Å². The van der Waals surface area contributed by atoms with Crippen molar-refractivity contribution in [3.05, 3.63) is 81.5 Å². The summed E-state index contributed by atoms with van der Waals surface area (Å²) in [5.41, 5.74) is 4.25. The zero-order valence-electron chi connectivity index (χ0n) is 23.6. The van der Waals surface area contributed by atoms with Crippen LogP contribution >= 0.6 is 0 Å². The number of ether oxygens (including phenoxy) is 1. The number of pyridine rings is 1. The van der Waals surface area contributed by atoms with Gasteiger partial charge in [0.15, 0.2) is 23.0 Å². The molecule has 7 rings (SSSR count). The van der Waals surface area contributed by atoms with Crippen LogP contribution in [0, 0.1) is 0 Å². The molecule has 0 saturated heterocycles. The second-order valence-corrected chi connectivity index (χ2v) is 11.8. The Bertz CT molecular complexity index is 1780. The summed E-state index contributed by atoms with van der Waals surface area (Å²) in [5, 5.41) is 0.426. The van der Waals surface area contributed by atoms with E-state index in [2.05, 4.69) is 49.0 Å². The first kappa shape index (κ1) is 25.6. The van der Waals surface area contributed by atoms with Gasteiger partial charge in [-0.05, 0) is 42.3 Å². The lowest BCUT2D eigenvalue weighted by Gasteiger charge is -2.38. The Hall–Kier alpha value is -4.31. The number of hydrogen-bond donors (Lipinski definition) is 0. The van der Waals surface area contributed by atoms with Crippen LogP contribution in [0.25, 0.3) is 16.9 Å². The number of fused-ring (bicyclic) bond motifs is 6. The Kier molecular flexibility index (Phi) is 6.04. The van der Waals surface area contributed by atoms with Crippen molar-refractivity contribution in [2.75, 3.05) is 31.6 Å². The number of nitrogens with zero attached hydrogens (tertiary/aromatic N) is 7. The van der Waals surface area contributed by atoms with E-state index in [4.69, 9.17) is 14.7 Å². The van der Waals surface area contributed by atoms with Gasteiger partial charge in [0.05, 0.1) is 13.1 Å². The fourth-order valence-corrected chi connectivity index (χ4v) is 6.46. The monoisotopic (exact) mass is 551 g/mol. The molecule has 6 heterocycles. The summed E-state index contributed by atoms with van der Waals surface area (Å²) in [6.45, 7) is 7.69. The molecule has 3 aromatic heterocycles. The molecule has 0 unspecified atom stereocenters. The van der Waals surface area contributed by atoms with Gasteiger partial charge in [-0.2, -0.15) is 0 Å². The molecule has 10 nitrogen and oxygen atoms in total. The highest BCUT2D eigenvalue weighted by molar-refractivity contribution is 5.94. The van der Waals surface area contributed by atoms with Crippen molar-refractivity contribution in [3.8, 4) is 11.6 Å². The summed E-state index contributed by atoms with van der Waals surface area (Å²) in [7, 11) is 2.16. The fourth-order valence-electron chi connectivity index (χ4n) is 6.46. The molecule has 0 N–H and O–H groups in total. The van der Waals surface area contributed by atoms with Crippen molar-refractivity contribution in [2.45, 2.75) is 51.6 Å². The van der Waals surface area contributed by atoms with Gasteiger partial charge in [0.2, 0.25) is 5.91 Å². The molecule has 4 aromatic rings. The first-order valence-corrected chi connectivity index (χ1v) is 14.2. The molecule has 0 saturated carbocycles. The molecule has 210 valence electrons. The minimum absolute atomic E-state index is 0.00317. The second kappa shape index (κ2) is 9.66. The molecule has 1 aromatic carbocycles. The maximum atomic E-state index is 13.6. The van der Waals surface area contributed by atoms with E-state index in [1.54, 1.807) is 26.5 Å². The number of aromatic nitrogens is 5. The predicted octanol–water partition coefficient (Wildman–Crippen LogP) is 3.37. The fraction of sp³-hybridized carbons (Fsp3) is 0.387. The molecule has 0 radical (unpaired) electrons. The van der Waals surface area contributed by atoms with Crippen LogP contribution in [0.5, 0.6) is 5.75 Å². The summed E-state index contributed by atoms with van der Waals surface area (Å²) in [6, 6.07) is 10.3. The van der Waals surface area contributed by atoms with Crippen molar-refractivity contribution >= 4 is 22.8 Å². The molecule has 3 aliphatic heterocycles. The van der Waals surface area contributed by atoms with Gasteiger partial charge >= 0.3 is 0 Å². The van der Waals surface area contributed by atoms with E-state index in [0.29, 0.717) is 73.2 Å². The Labute approximate surface area is 237 Å². The van der Waals surface area contributed by atoms with Gasteiger partial charge in [-0.3, -0.25) is 14.5 Å². The zero-order valence-corrected chi connectivity index (χ0v) is 23.6. The summed E-state index contributed by atoms with van der Waals surface area (Å²) in [4.78, 5) is 45.0. The number of carbonyl (C=O) groups is 1. The van der Waals surface area contributed by atoms with E-state index in [9.17, 15) is 9.59 Å². The molecular weight excluding hydrogens is 518 g/mol. The smallest absolute Gasteiger partial charge is 0.278 e. The Morgan fingerprint density at radius 2 is 1.95 bits per heavy atom. The number of anilines is 1. The highest BCUT2D eigenvalue weighted by Gasteiger charge is 2.30. The zero-order chi connectivity index (χ0) is 28.3. The standard InChI is InChI=1S/C31H33N7O3/c1-31(2)19-35(3)18-21-15-20(8-9-23(21)31)16-25-32-17-22-28(33-25)38-26-11-10-24-29(34-26)36(13-14-41-24)27(39)7-5-4-6-12-37(38)30(22)40/h4,6,8-11,15,17H,5,7,12-14,16,18-19H2,1-3H3/b6-4-. The van der Waals surface area contributed by atoms with Gasteiger partial charge in [-0.15, -0.1) is 0 Å². The quantitative estimate of drug-likeness (QED) is 0.352. The third-order valence-electron chi connectivity index (χ3n) is 8.23. The molecule has 3 aliphatic rings. The minimum atomic E-state index is -0.184. The largest absolute Gasteiger partial charge is 0.488 e. The van der Waals surface area contributed by atoms with Crippen LogP contribution in [0.2, 0.25) is 0 Å². The van der Waals surface area contributed by atoms with Gasteiger partial charge in [0, 0.05) is 37.5 Å². The van der Waals surface area contributed by atoms with Crippen molar-refractivity contribution in [1.29, 1.82) is 0 Å². The van der Waals surface area contributed by atoms with Crippen LogP contribution in [0.15, 0.2) is 53.5 Å². The van der Waals surface area contributed by atoms with Gasteiger partial charge in [-0.1, -0.05) is 44.2 Å². The van der Waals surface area contributed by atoms with Gasteiger partial charge < -0.3 is 9.64 Å². The van der Waals surface area contributed by atoms with E-state index in [1.807, 2.05) is 18.2 Å². The van der Waals surface area contributed by atoms with Crippen LogP contribution in [0.3, 0.4) is 0 Å². The van der Waals surface area contributed by atoms with Gasteiger partial charge in [0.25, 0.3) is 5.56 Å². The van der Waals surface area contributed by atoms with Crippen LogP contribution in [0.1, 0.15) is 49.2 Å². The molecule has 0 spiro atoms. The lowest BCUT2D eigenvalue weighted by Crippen LogP contribution is -2.39. The molecular formula is C31H33N7O3. The Balaban J connectivity index is 1.34. The number of rotatable bonds is 2. The Morgan fingerprint density at radius 1 is 1.07 bits per heavy atom. The van der Waals surface area contributed by atoms with E-state index in [1.165, 1.54) is 11.1 Å². The number of amides is 1. The van der Waals surface area contributed by atoms with E-state index < -0.39 is 0 Å². The maximum absolute atomic E-state index is 13.6. The molecule has 0 atom stereocenters. The molecule has 0 aliphatic carbocycles. The van der Waals surface area contributed by atoms with E-state index in [-0.39, 0.29) is 16.9 Å². The maximum Gasteiger partial charge on any atom is 0.278 e. The number of likely N-dealkylation sites (N-methyl/N-ethyl adjacent to an activating group) is 1. The molecule has 1 amide bonds.